The topological polar surface area (TPSA) is 59.1 Å². The molecule has 0 saturated carbocycles. The Labute approximate surface area is 183 Å². The van der Waals surface area contributed by atoms with E-state index in [9.17, 15) is 9.59 Å². The van der Waals surface area contributed by atoms with Crippen molar-refractivity contribution in [3.63, 3.8) is 0 Å². The van der Waals surface area contributed by atoms with Crippen molar-refractivity contribution in [2.45, 2.75) is 51.4 Å². The number of ether oxygens (including phenoxy) is 2. The van der Waals surface area contributed by atoms with Gasteiger partial charge in [-0.25, -0.2) is 0 Å². The van der Waals surface area contributed by atoms with Crippen LogP contribution < -0.4 is 9.47 Å². The van der Waals surface area contributed by atoms with Crippen LogP contribution in [0.15, 0.2) is 12.1 Å². The van der Waals surface area contributed by atoms with Gasteiger partial charge in [-0.15, -0.1) is 0 Å². The summed E-state index contributed by atoms with van der Waals surface area (Å²) in [5.74, 6) is 1.60. The van der Waals surface area contributed by atoms with Crippen LogP contribution in [0.1, 0.15) is 50.5 Å². The highest BCUT2D eigenvalue weighted by Gasteiger charge is 2.30. The van der Waals surface area contributed by atoms with Gasteiger partial charge in [0.05, 0.1) is 24.7 Å². The van der Waals surface area contributed by atoms with Gasteiger partial charge in [0.2, 0.25) is 11.8 Å². The number of carbonyl (C=O) groups is 2. The molecule has 0 spiro atoms. The van der Waals surface area contributed by atoms with Crippen molar-refractivity contribution in [1.29, 1.82) is 0 Å². The van der Waals surface area contributed by atoms with Crippen LogP contribution >= 0.6 is 11.6 Å². The van der Waals surface area contributed by atoms with E-state index < -0.39 is 0 Å². The Morgan fingerprint density at radius 3 is 2.33 bits per heavy atom. The highest BCUT2D eigenvalue weighted by Crippen LogP contribution is 2.38. The third kappa shape index (κ3) is 5.02. The Bertz CT molecular complexity index is 769. The zero-order chi connectivity index (χ0) is 20.9. The second-order valence-corrected chi connectivity index (χ2v) is 8.93. The van der Waals surface area contributed by atoms with E-state index in [-0.39, 0.29) is 18.2 Å². The maximum absolute atomic E-state index is 12.9. The van der Waals surface area contributed by atoms with E-state index in [0.717, 1.165) is 50.8 Å². The Balaban J connectivity index is 1.32. The molecule has 3 heterocycles. The van der Waals surface area contributed by atoms with Crippen molar-refractivity contribution in [3.05, 3.63) is 22.7 Å². The van der Waals surface area contributed by atoms with Crippen molar-refractivity contribution in [1.82, 2.24) is 9.80 Å². The summed E-state index contributed by atoms with van der Waals surface area (Å²) < 4.78 is 11.4. The van der Waals surface area contributed by atoms with Crippen molar-refractivity contribution in [2.75, 3.05) is 39.4 Å². The molecule has 2 amide bonds. The molecular formula is C23H31ClN2O4. The second kappa shape index (κ2) is 9.90. The molecule has 0 radical (unpaired) electrons. The molecule has 30 heavy (non-hydrogen) atoms. The Morgan fingerprint density at radius 1 is 0.900 bits per heavy atom. The number of hydrogen-bond donors (Lipinski definition) is 0. The fourth-order valence-electron chi connectivity index (χ4n) is 4.60. The molecule has 0 bridgehead atoms. The van der Waals surface area contributed by atoms with Crippen LogP contribution in [0.2, 0.25) is 5.02 Å². The number of likely N-dealkylation sites (tertiary alicyclic amines) is 2. The van der Waals surface area contributed by atoms with Crippen molar-refractivity contribution in [2.24, 2.45) is 5.92 Å². The van der Waals surface area contributed by atoms with E-state index in [2.05, 4.69) is 4.90 Å². The summed E-state index contributed by atoms with van der Waals surface area (Å²) in [4.78, 5) is 29.6. The van der Waals surface area contributed by atoms with Crippen LogP contribution in [0.25, 0.3) is 0 Å². The molecule has 1 aromatic rings. The molecule has 7 heteroatoms. The summed E-state index contributed by atoms with van der Waals surface area (Å²) in [7, 11) is 0. The summed E-state index contributed by atoms with van der Waals surface area (Å²) in [6.45, 7) is 4.23. The number of carbonyl (C=O) groups excluding carboxylic acids is 2. The summed E-state index contributed by atoms with van der Waals surface area (Å²) in [5.41, 5.74) is 0.831. The molecule has 1 aromatic carbocycles. The molecule has 3 aliphatic rings. The number of rotatable bonds is 3. The minimum Gasteiger partial charge on any atom is -0.489 e. The molecule has 164 valence electrons. The van der Waals surface area contributed by atoms with Crippen LogP contribution in [0.3, 0.4) is 0 Å². The predicted molar refractivity (Wildman–Crippen MR) is 115 cm³/mol. The highest BCUT2D eigenvalue weighted by molar-refractivity contribution is 6.32. The van der Waals surface area contributed by atoms with Crippen LogP contribution in [-0.4, -0.2) is 61.0 Å². The number of amides is 2. The van der Waals surface area contributed by atoms with Crippen LogP contribution in [0.5, 0.6) is 11.5 Å². The smallest absolute Gasteiger partial charge is 0.226 e. The zero-order valence-electron chi connectivity index (χ0n) is 17.5. The van der Waals surface area contributed by atoms with E-state index in [0.29, 0.717) is 48.7 Å². The van der Waals surface area contributed by atoms with E-state index >= 15 is 0 Å². The number of hydrogen-bond acceptors (Lipinski definition) is 4. The summed E-state index contributed by atoms with van der Waals surface area (Å²) in [5, 5.41) is 0.485. The van der Waals surface area contributed by atoms with Gasteiger partial charge in [0, 0.05) is 38.5 Å². The van der Waals surface area contributed by atoms with Crippen molar-refractivity contribution >= 4 is 23.4 Å². The molecule has 3 aliphatic heterocycles. The average molecular weight is 435 g/mol. The third-order valence-electron chi connectivity index (χ3n) is 6.33. The van der Waals surface area contributed by atoms with E-state index in [4.69, 9.17) is 21.1 Å². The van der Waals surface area contributed by atoms with Crippen LogP contribution in [0.4, 0.5) is 0 Å². The zero-order valence-corrected chi connectivity index (χ0v) is 18.3. The maximum Gasteiger partial charge on any atom is 0.226 e. The normalized spacial score (nSPS) is 20.4. The molecule has 2 fully saturated rings. The Kier molecular flexibility index (Phi) is 7.03. The number of halogens is 1. The first kappa shape index (κ1) is 21.3. The molecular weight excluding hydrogens is 404 g/mol. The van der Waals surface area contributed by atoms with Crippen LogP contribution in [-0.2, 0) is 16.0 Å². The monoisotopic (exact) mass is 434 g/mol. The fraction of sp³-hybridized carbons (Fsp3) is 0.652. The van der Waals surface area contributed by atoms with Gasteiger partial charge in [-0.05, 0) is 43.4 Å². The summed E-state index contributed by atoms with van der Waals surface area (Å²) in [6, 6.07) is 3.66. The fourth-order valence-corrected chi connectivity index (χ4v) is 4.89. The molecule has 0 atom stereocenters. The number of piperidine rings is 1. The maximum atomic E-state index is 12.9. The van der Waals surface area contributed by atoms with E-state index in [1.165, 1.54) is 12.8 Å². The third-order valence-corrected chi connectivity index (χ3v) is 6.61. The number of nitrogens with zero attached hydrogens (tertiary/aromatic N) is 2. The first-order valence-electron chi connectivity index (χ1n) is 11.3. The molecule has 0 unspecified atom stereocenters. The lowest BCUT2D eigenvalue weighted by Gasteiger charge is -2.34. The predicted octanol–water partition coefficient (Wildman–Crippen LogP) is 3.69. The molecule has 0 aromatic heterocycles. The number of benzene rings is 1. The van der Waals surface area contributed by atoms with E-state index in [1.807, 2.05) is 11.0 Å². The van der Waals surface area contributed by atoms with Gasteiger partial charge >= 0.3 is 0 Å². The van der Waals surface area contributed by atoms with Gasteiger partial charge in [-0.1, -0.05) is 24.4 Å². The van der Waals surface area contributed by atoms with Gasteiger partial charge in [0.1, 0.15) is 0 Å². The minimum absolute atomic E-state index is 0.0552. The molecule has 4 rings (SSSR count). The summed E-state index contributed by atoms with van der Waals surface area (Å²) >= 11 is 6.36. The Hall–Kier alpha value is -1.95. The average Bonchev–Trinajstić information content (AvgIpc) is 3.17. The largest absolute Gasteiger partial charge is 0.489 e. The van der Waals surface area contributed by atoms with Gasteiger partial charge in [-0.3, -0.25) is 9.59 Å². The lowest BCUT2D eigenvalue weighted by Crippen LogP contribution is -2.45. The minimum atomic E-state index is 0.0552. The van der Waals surface area contributed by atoms with Gasteiger partial charge in [0.15, 0.2) is 11.5 Å². The second-order valence-electron chi connectivity index (χ2n) is 8.53. The molecule has 0 aliphatic carbocycles. The molecule has 0 N–H and O–H groups in total. The van der Waals surface area contributed by atoms with Gasteiger partial charge in [0.25, 0.3) is 0 Å². The van der Waals surface area contributed by atoms with Gasteiger partial charge in [-0.2, -0.15) is 0 Å². The SMILES string of the molecule is O=C(Cc1cc(Cl)c2c(c1)OCCCO2)N1CCC(C(=O)N2CCCCCC2)CC1. The number of fused-ring (bicyclic) bond motifs is 1. The van der Waals surface area contributed by atoms with Crippen LogP contribution in [0, 0.1) is 5.92 Å². The lowest BCUT2D eigenvalue weighted by atomic mass is 9.94. The first-order chi connectivity index (χ1) is 14.6. The quantitative estimate of drug-likeness (QED) is 0.728. The lowest BCUT2D eigenvalue weighted by molar-refractivity contribution is -0.140. The summed E-state index contributed by atoms with van der Waals surface area (Å²) in [6.07, 6.45) is 7.26. The Morgan fingerprint density at radius 2 is 1.60 bits per heavy atom. The molecule has 6 nitrogen and oxygen atoms in total. The van der Waals surface area contributed by atoms with Gasteiger partial charge < -0.3 is 19.3 Å². The standard InChI is InChI=1S/C23H31ClN2O4/c24-19-14-17(15-20-22(19)30-13-5-12-29-20)16-21(27)25-10-6-18(7-11-25)23(28)26-8-3-1-2-4-9-26/h14-15,18H,1-13,16H2. The highest BCUT2D eigenvalue weighted by atomic mass is 35.5. The van der Waals surface area contributed by atoms with E-state index in [1.54, 1.807) is 6.07 Å². The molecule has 2 saturated heterocycles. The van der Waals surface area contributed by atoms with Crippen molar-refractivity contribution in [3.8, 4) is 11.5 Å². The van der Waals surface area contributed by atoms with Crippen molar-refractivity contribution < 1.29 is 19.1 Å². The first-order valence-corrected chi connectivity index (χ1v) is 11.6.